The quantitative estimate of drug-likeness (QED) is 0.600. The van der Waals surface area contributed by atoms with Gasteiger partial charge in [-0.1, -0.05) is 0 Å². The van der Waals surface area contributed by atoms with Gasteiger partial charge in [0.2, 0.25) is 5.91 Å². The van der Waals surface area contributed by atoms with Crippen LogP contribution in [0.4, 0.5) is 0 Å². The Kier molecular flexibility index (Phi) is 3.88. The minimum atomic E-state index is -0.498. The van der Waals surface area contributed by atoms with Crippen molar-refractivity contribution in [3.8, 4) is 11.5 Å². The predicted molar refractivity (Wildman–Crippen MR) is 57.2 cm³/mol. The number of hydrogen-bond donors (Lipinski definition) is 1. The maximum absolute atomic E-state index is 10.8. The molecule has 0 fully saturated rings. The molecule has 0 saturated heterocycles. The van der Waals surface area contributed by atoms with Crippen molar-refractivity contribution in [2.24, 2.45) is 5.73 Å². The summed E-state index contributed by atoms with van der Waals surface area (Å²) in [4.78, 5) is 21.7. The van der Waals surface area contributed by atoms with Crippen LogP contribution in [-0.4, -0.2) is 19.0 Å². The standard InChI is InChI=1S/C11H13NO4/c1-7(13)16-10-4-3-9(15-2)5-8(10)6-11(12)14/h3-5H,6H2,1-2H3,(H2,12,14). The summed E-state index contributed by atoms with van der Waals surface area (Å²) >= 11 is 0. The Morgan fingerprint density at radius 1 is 1.38 bits per heavy atom. The van der Waals surface area contributed by atoms with E-state index in [2.05, 4.69) is 0 Å². The number of benzene rings is 1. The second-order valence-electron chi connectivity index (χ2n) is 3.21. The number of esters is 1. The maximum Gasteiger partial charge on any atom is 0.308 e. The van der Waals surface area contributed by atoms with Gasteiger partial charge in [-0.3, -0.25) is 9.59 Å². The summed E-state index contributed by atoms with van der Waals surface area (Å²) in [7, 11) is 1.51. The molecule has 1 amide bonds. The minimum absolute atomic E-state index is 0.000185. The molecule has 5 nitrogen and oxygen atoms in total. The highest BCUT2D eigenvalue weighted by molar-refractivity contribution is 5.78. The topological polar surface area (TPSA) is 78.6 Å². The van der Waals surface area contributed by atoms with E-state index in [9.17, 15) is 9.59 Å². The largest absolute Gasteiger partial charge is 0.497 e. The van der Waals surface area contributed by atoms with Gasteiger partial charge in [0.25, 0.3) is 0 Å². The van der Waals surface area contributed by atoms with Gasteiger partial charge in [0, 0.05) is 12.5 Å². The first-order valence-corrected chi connectivity index (χ1v) is 4.66. The number of primary amides is 1. The van der Waals surface area contributed by atoms with Crippen LogP contribution in [0.5, 0.6) is 11.5 Å². The van der Waals surface area contributed by atoms with E-state index in [4.69, 9.17) is 15.2 Å². The van der Waals surface area contributed by atoms with Crippen molar-refractivity contribution < 1.29 is 19.1 Å². The highest BCUT2D eigenvalue weighted by Crippen LogP contribution is 2.24. The van der Waals surface area contributed by atoms with Crippen molar-refractivity contribution in [2.75, 3.05) is 7.11 Å². The van der Waals surface area contributed by atoms with E-state index >= 15 is 0 Å². The van der Waals surface area contributed by atoms with Gasteiger partial charge in [-0.05, 0) is 18.2 Å². The molecule has 86 valence electrons. The third kappa shape index (κ3) is 3.27. The van der Waals surface area contributed by atoms with Crippen LogP contribution in [0.2, 0.25) is 0 Å². The fourth-order valence-electron chi connectivity index (χ4n) is 1.26. The molecule has 0 aliphatic heterocycles. The van der Waals surface area contributed by atoms with Gasteiger partial charge in [-0.25, -0.2) is 0 Å². The summed E-state index contributed by atoms with van der Waals surface area (Å²) in [6.45, 7) is 1.29. The Labute approximate surface area is 93.1 Å². The van der Waals surface area contributed by atoms with Crippen LogP contribution in [0.1, 0.15) is 12.5 Å². The van der Waals surface area contributed by atoms with Gasteiger partial charge in [-0.15, -0.1) is 0 Å². The average Bonchev–Trinajstić information content (AvgIpc) is 2.19. The molecule has 16 heavy (non-hydrogen) atoms. The molecular formula is C11H13NO4. The Bertz CT molecular complexity index is 414. The van der Waals surface area contributed by atoms with Crippen molar-refractivity contribution in [1.29, 1.82) is 0 Å². The smallest absolute Gasteiger partial charge is 0.308 e. The minimum Gasteiger partial charge on any atom is -0.497 e. The second kappa shape index (κ2) is 5.16. The zero-order valence-electron chi connectivity index (χ0n) is 9.15. The van der Waals surface area contributed by atoms with Crippen LogP contribution in [0.3, 0.4) is 0 Å². The molecular weight excluding hydrogens is 210 g/mol. The number of rotatable bonds is 4. The summed E-state index contributed by atoms with van der Waals surface area (Å²) < 4.78 is 9.95. The van der Waals surface area contributed by atoms with Crippen LogP contribution in [-0.2, 0) is 16.0 Å². The molecule has 5 heteroatoms. The SMILES string of the molecule is COc1ccc(OC(C)=O)c(CC(N)=O)c1. The van der Waals surface area contributed by atoms with Gasteiger partial charge < -0.3 is 15.2 Å². The fraction of sp³-hybridized carbons (Fsp3) is 0.273. The molecule has 1 aromatic carbocycles. The van der Waals surface area contributed by atoms with Crippen molar-refractivity contribution in [1.82, 2.24) is 0 Å². The van der Waals surface area contributed by atoms with Gasteiger partial charge in [0.1, 0.15) is 11.5 Å². The number of carbonyl (C=O) groups excluding carboxylic acids is 2. The lowest BCUT2D eigenvalue weighted by atomic mass is 10.1. The van der Waals surface area contributed by atoms with E-state index in [1.54, 1.807) is 18.2 Å². The van der Waals surface area contributed by atoms with Crippen molar-refractivity contribution in [2.45, 2.75) is 13.3 Å². The Hall–Kier alpha value is -2.04. The van der Waals surface area contributed by atoms with Crippen LogP contribution in [0, 0.1) is 0 Å². The number of methoxy groups -OCH3 is 1. The van der Waals surface area contributed by atoms with E-state index in [0.29, 0.717) is 17.1 Å². The first kappa shape index (κ1) is 12.0. The van der Waals surface area contributed by atoms with E-state index in [-0.39, 0.29) is 6.42 Å². The third-order valence-electron chi connectivity index (χ3n) is 1.89. The summed E-state index contributed by atoms with van der Waals surface area (Å²) in [5, 5.41) is 0. The molecule has 1 aromatic rings. The molecule has 0 radical (unpaired) electrons. The summed E-state index contributed by atoms with van der Waals surface area (Å²) in [6.07, 6.45) is -0.000185. The molecule has 0 aliphatic rings. The highest BCUT2D eigenvalue weighted by atomic mass is 16.5. The molecule has 2 N–H and O–H groups in total. The van der Waals surface area contributed by atoms with Crippen molar-refractivity contribution in [3.05, 3.63) is 23.8 Å². The second-order valence-corrected chi connectivity index (χ2v) is 3.21. The van der Waals surface area contributed by atoms with Gasteiger partial charge in [0.05, 0.1) is 13.5 Å². The maximum atomic E-state index is 10.8. The van der Waals surface area contributed by atoms with Gasteiger partial charge in [-0.2, -0.15) is 0 Å². The van der Waals surface area contributed by atoms with Crippen LogP contribution >= 0.6 is 0 Å². The molecule has 0 aromatic heterocycles. The van der Waals surface area contributed by atoms with Gasteiger partial charge >= 0.3 is 5.97 Å². The van der Waals surface area contributed by atoms with E-state index in [1.165, 1.54) is 14.0 Å². The molecule has 0 atom stereocenters. The summed E-state index contributed by atoms with van der Waals surface area (Å²) in [5.41, 5.74) is 5.63. The monoisotopic (exact) mass is 223 g/mol. The summed E-state index contributed by atoms with van der Waals surface area (Å²) in [5.74, 6) is -0.0446. The van der Waals surface area contributed by atoms with E-state index in [1.807, 2.05) is 0 Å². The summed E-state index contributed by atoms with van der Waals surface area (Å²) in [6, 6.07) is 4.82. The normalized spacial score (nSPS) is 9.62. The Morgan fingerprint density at radius 2 is 2.06 bits per heavy atom. The number of carbonyl (C=O) groups is 2. The molecule has 0 heterocycles. The highest BCUT2D eigenvalue weighted by Gasteiger charge is 2.10. The molecule has 0 spiro atoms. The van der Waals surface area contributed by atoms with Crippen LogP contribution in [0.25, 0.3) is 0 Å². The lowest BCUT2D eigenvalue weighted by Gasteiger charge is -2.09. The first-order valence-electron chi connectivity index (χ1n) is 4.66. The molecule has 0 bridgehead atoms. The molecule has 0 saturated carbocycles. The number of hydrogen-bond acceptors (Lipinski definition) is 4. The van der Waals surface area contributed by atoms with E-state index < -0.39 is 11.9 Å². The Balaban J connectivity index is 3.05. The van der Waals surface area contributed by atoms with Crippen molar-refractivity contribution in [3.63, 3.8) is 0 Å². The number of ether oxygens (including phenoxy) is 2. The molecule has 1 rings (SSSR count). The lowest BCUT2D eigenvalue weighted by Crippen LogP contribution is -2.15. The zero-order valence-corrected chi connectivity index (χ0v) is 9.15. The van der Waals surface area contributed by atoms with Crippen molar-refractivity contribution >= 4 is 11.9 Å². The lowest BCUT2D eigenvalue weighted by molar-refractivity contribution is -0.132. The van der Waals surface area contributed by atoms with Crippen LogP contribution in [0.15, 0.2) is 18.2 Å². The average molecular weight is 223 g/mol. The third-order valence-corrected chi connectivity index (χ3v) is 1.89. The molecule has 0 unspecified atom stereocenters. The first-order chi connectivity index (χ1) is 7.52. The number of nitrogens with two attached hydrogens (primary N) is 1. The van der Waals surface area contributed by atoms with E-state index in [0.717, 1.165) is 0 Å². The fourth-order valence-corrected chi connectivity index (χ4v) is 1.26. The van der Waals surface area contributed by atoms with Crippen LogP contribution < -0.4 is 15.2 Å². The number of amides is 1. The Morgan fingerprint density at radius 3 is 2.56 bits per heavy atom. The zero-order chi connectivity index (χ0) is 12.1. The van der Waals surface area contributed by atoms with Gasteiger partial charge in [0.15, 0.2) is 0 Å². The predicted octanol–water partition coefficient (Wildman–Crippen LogP) is 0.648. The molecule has 0 aliphatic carbocycles.